The zero-order chi connectivity index (χ0) is 22.2. The molecule has 0 aliphatic rings. The Kier molecular flexibility index (Phi) is 7.27. The van der Waals surface area contributed by atoms with E-state index in [0.717, 1.165) is 16.4 Å². The topological polar surface area (TPSA) is 129 Å². The molecule has 0 saturated heterocycles. The molecule has 0 unspecified atom stereocenters. The molecule has 2 aromatic carbocycles. The normalized spacial score (nSPS) is 10.8. The second-order valence-corrected chi connectivity index (χ2v) is 6.91. The summed E-state index contributed by atoms with van der Waals surface area (Å²) in [4.78, 5) is 12.3. The fourth-order valence-corrected chi connectivity index (χ4v) is 3.07. The van der Waals surface area contributed by atoms with E-state index < -0.39 is 5.82 Å². The second-order valence-electron chi connectivity index (χ2n) is 5.97. The van der Waals surface area contributed by atoms with Gasteiger partial charge in [-0.1, -0.05) is 30.0 Å². The minimum absolute atomic E-state index is 0.0308. The zero-order valence-electron chi connectivity index (χ0n) is 16.7. The molecule has 0 aliphatic heterocycles. The Morgan fingerprint density at radius 1 is 1.26 bits per heavy atom. The molecule has 3 aromatic rings. The molecular weight excluding hydrogens is 425 g/mol. The maximum Gasteiger partial charge on any atom is 0.264 e. The van der Waals surface area contributed by atoms with E-state index in [4.69, 9.17) is 15.3 Å². The van der Waals surface area contributed by atoms with E-state index in [2.05, 4.69) is 26.0 Å². The highest BCUT2D eigenvalue weighted by atomic mass is 32.2. The first kappa shape index (κ1) is 21.9. The number of rotatable bonds is 9. The van der Waals surface area contributed by atoms with E-state index in [1.807, 2.05) is 0 Å². The number of nitrogens with one attached hydrogen (secondary N) is 2. The highest BCUT2D eigenvalue weighted by molar-refractivity contribution is 7.99. The van der Waals surface area contributed by atoms with E-state index >= 15 is 0 Å². The number of hydrazone groups is 1. The number of thioether (sulfide) groups is 1. The number of aromatic nitrogens is 3. The monoisotopic (exact) mass is 445 g/mol. The number of methoxy groups -OCH3 is 2. The average molecular weight is 445 g/mol. The van der Waals surface area contributed by atoms with Crippen LogP contribution in [0.3, 0.4) is 0 Å². The van der Waals surface area contributed by atoms with Crippen molar-refractivity contribution in [2.75, 3.05) is 36.6 Å². The Morgan fingerprint density at radius 2 is 2.06 bits per heavy atom. The minimum atomic E-state index is -0.405. The summed E-state index contributed by atoms with van der Waals surface area (Å²) in [5, 5.41) is 14.7. The van der Waals surface area contributed by atoms with Crippen LogP contribution in [-0.2, 0) is 4.79 Å². The molecule has 0 spiro atoms. The van der Waals surface area contributed by atoms with Crippen LogP contribution in [0.15, 0.2) is 52.7 Å². The number of nitrogen functional groups attached to an aromatic ring is 1. The first-order chi connectivity index (χ1) is 15.0. The van der Waals surface area contributed by atoms with Crippen molar-refractivity contribution in [3.8, 4) is 11.5 Å². The fourth-order valence-electron chi connectivity index (χ4n) is 2.41. The average Bonchev–Trinajstić information content (AvgIpc) is 3.13. The molecule has 0 aliphatic carbocycles. The molecule has 0 atom stereocenters. The Balaban J connectivity index is 1.56. The van der Waals surface area contributed by atoms with Crippen molar-refractivity contribution in [2.45, 2.75) is 5.16 Å². The van der Waals surface area contributed by atoms with Crippen LogP contribution < -0.4 is 26.1 Å². The number of hydrogen-bond donors (Lipinski definition) is 3. The van der Waals surface area contributed by atoms with Gasteiger partial charge in [-0.25, -0.2) is 14.5 Å². The predicted octanol–water partition coefficient (Wildman–Crippen LogP) is 2.33. The van der Waals surface area contributed by atoms with Crippen molar-refractivity contribution >= 4 is 35.5 Å². The number of carbonyl (C=O) groups is 1. The van der Waals surface area contributed by atoms with Crippen LogP contribution in [0.2, 0.25) is 0 Å². The first-order valence-corrected chi connectivity index (χ1v) is 9.89. The van der Waals surface area contributed by atoms with Gasteiger partial charge in [-0.05, 0) is 18.2 Å². The van der Waals surface area contributed by atoms with Gasteiger partial charge in [0.2, 0.25) is 11.1 Å². The Bertz CT molecular complexity index is 1090. The molecule has 0 saturated carbocycles. The zero-order valence-corrected chi connectivity index (χ0v) is 17.5. The van der Waals surface area contributed by atoms with Crippen LogP contribution in [0, 0.1) is 5.82 Å². The summed E-state index contributed by atoms with van der Waals surface area (Å²) in [5.41, 5.74) is 3.40. The van der Waals surface area contributed by atoms with Crippen LogP contribution >= 0.6 is 11.8 Å². The number of carbonyl (C=O) groups excluding carboxylic acids is 1. The molecule has 31 heavy (non-hydrogen) atoms. The second kappa shape index (κ2) is 10.3. The first-order valence-electron chi connectivity index (χ1n) is 8.90. The van der Waals surface area contributed by atoms with Gasteiger partial charge in [-0.15, -0.1) is 10.2 Å². The van der Waals surface area contributed by atoms with Crippen molar-refractivity contribution in [2.24, 2.45) is 5.10 Å². The van der Waals surface area contributed by atoms with E-state index in [1.165, 1.54) is 19.4 Å². The van der Waals surface area contributed by atoms with Gasteiger partial charge in [0.25, 0.3) is 5.95 Å². The minimum Gasteiger partial charge on any atom is -0.497 e. The summed E-state index contributed by atoms with van der Waals surface area (Å²) >= 11 is 1.08. The van der Waals surface area contributed by atoms with Crippen molar-refractivity contribution in [3.05, 3.63) is 53.8 Å². The van der Waals surface area contributed by atoms with Crippen molar-refractivity contribution < 1.29 is 18.7 Å². The van der Waals surface area contributed by atoms with E-state index in [9.17, 15) is 9.18 Å². The fraction of sp³-hybridized carbons (Fsp3) is 0.158. The third kappa shape index (κ3) is 5.63. The molecule has 162 valence electrons. The molecule has 0 fully saturated rings. The van der Waals surface area contributed by atoms with Gasteiger partial charge in [-0.3, -0.25) is 4.79 Å². The number of halogens is 1. The number of ether oxygens (including phenoxy) is 2. The lowest BCUT2D eigenvalue weighted by Gasteiger charge is -2.11. The SMILES string of the molecule is COc1ccc(NC(=O)CSc2nnc(N/N=C/c3ccccc3F)n2N)c(OC)c1. The summed E-state index contributed by atoms with van der Waals surface area (Å²) in [5.74, 6) is 6.47. The van der Waals surface area contributed by atoms with Crippen molar-refractivity contribution in [1.82, 2.24) is 14.9 Å². The highest BCUT2D eigenvalue weighted by Gasteiger charge is 2.14. The van der Waals surface area contributed by atoms with Gasteiger partial charge in [0, 0.05) is 11.6 Å². The predicted molar refractivity (Wildman–Crippen MR) is 117 cm³/mol. The molecular formula is C19H20FN7O3S. The summed E-state index contributed by atoms with van der Waals surface area (Å²) in [6.07, 6.45) is 1.30. The number of hydrogen-bond acceptors (Lipinski definition) is 9. The van der Waals surface area contributed by atoms with Crippen LogP contribution in [0.25, 0.3) is 0 Å². The van der Waals surface area contributed by atoms with Gasteiger partial charge in [0.05, 0.1) is 31.9 Å². The molecule has 4 N–H and O–H groups in total. The number of nitrogens with two attached hydrogens (primary N) is 1. The number of nitrogens with zero attached hydrogens (tertiary/aromatic N) is 4. The maximum absolute atomic E-state index is 13.6. The van der Waals surface area contributed by atoms with Crippen LogP contribution in [0.1, 0.15) is 5.56 Å². The Labute approximate surface area is 181 Å². The molecule has 0 bridgehead atoms. The smallest absolute Gasteiger partial charge is 0.264 e. The van der Waals surface area contributed by atoms with E-state index in [0.29, 0.717) is 27.9 Å². The molecule has 1 amide bonds. The lowest BCUT2D eigenvalue weighted by molar-refractivity contribution is -0.113. The van der Waals surface area contributed by atoms with E-state index in [-0.39, 0.29) is 17.6 Å². The Hall–Kier alpha value is -3.80. The molecule has 12 heteroatoms. The van der Waals surface area contributed by atoms with E-state index in [1.54, 1.807) is 43.5 Å². The molecule has 0 radical (unpaired) electrons. The third-order valence-corrected chi connectivity index (χ3v) is 4.90. The van der Waals surface area contributed by atoms with Crippen molar-refractivity contribution in [1.29, 1.82) is 0 Å². The van der Waals surface area contributed by atoms with Gasteiger partial charge >= 0.3 is 0 Å². The summed E-state index contributed by atoms with van der Waals surface area (Å²) in [7, 11) is 3.04. The lowest BCUT2D eigenvalue weighted by Crippen LogP contribution is -2.17. The van der Waals surface area contributed by atoms with Gasteiger partial charge in [0.15, 0.2) is 0 Å². The summed E-state index contributed by atoms with van der Waals surface area (Å²) in [6.45, 7) is 0. The third-order valence-electron chi connectivity index (χ3n) is 3.95. The summed E-state index contributed by atoms with van der Waals surface area (Å²) in [6, 6.07) is 11.2. The quantitative estimate of drug-likeness (QED) is 0.198. The molecule has 1 aromatic heterocycles. The number of amides is 1. The van der Waals surface area contributed by atoms with Gasteiger partial charge in [0.1, 0.15) is 17.3 Å². The lowest BCUT2D eigenvalue weighted by atomic mass is 10.2. The van der Waals surface area contributed by atoms with Crippen molar-refractivity contribution in [3.63, 3.8) is 0 Å². The van der Waals surface area contributed by atoms with Crippen LogP contribution in [0.5, 0.6) is 11.5 Å². The summed E-state index contributed by atoms with van der Waals surface area (Å²) < 4.78 is 25.1. The van der Waals surface area contributed by atoms with Gasteiger partial charge in [-0.2, -0.15) is 5.10 Å². The Morgan fingerprint density at radius 3 is 2.81 bits per heavy atom. The molecule has 1 heterocycles. The standard InChI is InChI=1S/C19H20FN7O3S/c1-29-13-7-8-15(16(9-13)30-2)23-17(28)11-31-19-26-25-18(27(19)21)24-22-10-12-5-3-4-6-14(12)20/h3-10H,11,21H2,1-2H3,(H,23,28)(H,24,25)/b22-10+. The maximum atomic E-state index is 13.6. The number of anilines is 2. The highest BCUT2D eigenvalue weighted by Crippen LogP contribution is 2.29. The largest absolute Gasteiger partial charge is 0.497 e. The van der Waals surface area contributed by atoms with Gasteiger partial charge < -0.3 is 20.6 Å². The van der Waals surface area contributed by atoms with Crippen LogP contribution in [0.4, 0.5) is 16.0 Å². The molecule has 10 nitrogen and oxygen atoms in total. The molecule has 3 rings (SSSR count). The van der Waals surface area contributed by atoms with Crippen LogP contribution in [-0.4, -0.2) is 47.0 Å². The number of benzene rings is 2.